The maximum atomic E-state index is 11.3. The maximum absolute atomic E-state index is 11.3. The molecule has 0 amide bonds. The number of H-pyrrole nitrogens is 1. The molecule has 0 radical (unpaired) electrons. The van der Waals surface area contributed by atoms with Crippen LogP contribution in [0.1, 0.15) is 10.4 Å². The van der Waals surface area contributed by atoms with Crippen molar-refractivity contribution in [2.24, 2.45) is 0 Å². The molecule has 7 heteroatoms. The molecule has 158 valence electrons. The van der Waals surface area contributed by atoms with E-state index in [2.05, 4.69) is 10.2 Å². The highest BCUT2D eigenvalue weighted by atomic mass is 16.5. The number of fused-ring (bicyclic) bond motifs is 1. The molecule has 0 spiro atoms. The molecule has 32 heavy (non-hydrogen) atoms. The summed E-state index contributed by atoms with van der Waals surface area (Å²) in [7, 11) is 1.61. The molecule has 2 aromatic heterocycles. The number of carbonyl (C=O) groups is 1. The fraction of sp³-hybridized carbons (Fsp3) is 0.0400. The number of aromatic amines is 1. The molecule has 3 N–H and O–H groups in total. The van der Waals surface area contributed by atoms with Crippen molar-refractivity contribution in [3.63, 3.8) is 0 Å². The number of methoxy groups -OCH3 is 1. The lowest BCUT2D eigenvalue weighted by atomic mass is 10.0. The van der Waals surface area contributed by atoms with Gasteiger partial charge < -0.3 is 14.9 Å². The van der Waals surface area contributed by atoms with Crippen LogP contribution in [0.5, 0.6) is 11.6 Å². The van der Waals surface area contributed by atoms with E-state index in [1.54, 1.807) is 23.8 Å². The Morgan fingerprint density at radius 1 is 0.938 bits per heavy atom. The number of aromatic carboxylic acids is 1. The molecule has 0 saturated heterocycles. The van der Waals surface area contributed by atoms with Crippen molar-refractivity contribution in [3.05, 3.63) is 84.4 Å². The molecule has 0 saturated carbocycles. The zero-order valence-corrected chi connectivity index (χ0v) is 17.1. The highest BCUT2D eigenvalue weighted by molar-refractivity contribution is 6.07. The van der Waals surface area contributed by atoms with E-state index in [1.165, 1.54) is 12.1 Å². The average molecular weight is 425 g/mol. The quantitative estimate of drug-likeness (QED) is 0.364. The van der Waals surface area contributed by atoms with E-state index in [1.807, 2.05) is 54.6 Å². The Kier molecular flexibility index (Phi) is 4.63. The van der Waals surface area contributed by atoms with E-state index in [4.69, 9.17) is 4.74 Å². The molecular weight excluding hydrogens is 406 g/mol. The summed E-state index contributed by atoms with van der Waals surface area (Å²) >= 11 is 0. The Morgan fingerprint density at radius 3 is 2.25 bits per heavy atom. The molecule has 0 atom stereocenters. The number of hydrogen-bond acceptors (Lipinski definition) is 4. The lowest BCUT2D eigenvalue weighted by Crippen LogP contribution is -2.00. The van der Waals surface area contributed by atoms with Crippen molar-refractivity contribution < 1.29 is 19.7 Å². The van der Waals surface area contributed by atoms with Gasteiger partial charge in [-0.3, -0.25) is 9.67 Å². The van der Waals surface area contributed by atoms with Gasteiger partial charge in [-0.05, 0) is 54.1 Å². The van der Waals surface area contributed by atoms with Crippen LogP contribution in [0.3, 0.4) is 0 Å². The van der Waals surface area contributed by atoms with E-state index < -0.39 is 5.97 Å². The summed E-state index contributed by atoms with van der Waals surface area (Å²) < 4.78 is 6.99. The van der Waals surface area contributed by atoms with Gasteiger partial charge in [0.15, 0.2) is 0 Å². The summed E-state index contributed by atoms with van der Waals surface area (Å²) in [4.78, 5) is 11.3. The lowest BCUT2D eigenvalue weighted by molar-refractivity contribution is 0.0697. The zero-order valence-electron chi connectivity index (χ0n) is 17.1. The third kappa shape index (κ3) is 3.07. The van der Waals surface area contributed by atoms with Gasteiger partial charge in [-0.25, -0.2) is 4.79 Å². The Bertz CT molecular complexity index is 1420. The van der Waals surface area contributed by atoms with Crippen LogP contribution in [-0.4, -0.2) is 38.1 Å². The molecule has 0 aliphatic rings. The van der Waals surface area contributed by atoms with Crippen LogP contribution in [0, 0.1) is 0 Å². The first kappa shape index (κ1) is 19.4. The minimum atomic E-state index is -1.01. The smallest absolute Gasteiger partial charge is 0.335 e. The number of benzene rings is 3. The number of nitrogens with zero attached hydrogens (tertiary/aromatic N) is 2. The van der Waals surface area contributed by atoms with E-state index in [0.29, 0.717) is 22.6 Å². The number of carboxylic acid groups (broad SMARTS) is 1. The first-order valence-electron chi connectivity index (χ1n) is 9.94. The van der Waals surface area contributed by atoms with Crippen molar-refractivity contribution in [3.8, 4) is 39.8 Å². The molecule has 7 nitrogen and oxygen atoms in total. The van der Waals surface area contributed by atoms with Gasteiger partial charge in [0.1, 0.15) is 17.0 Å². The van der Waals surface area contributed by atoms with Gasteiger partial charge in [0.25, 0.3) is 0 Å². The van der Waals surface area contributed by atoms with Crippen molar-refractivity contribution >= 4 is 16.9 Å². The summed E-state index contributed by atoms with van der Waals surface area (Å²) in [6.07, 6.45) is 0. The SMILES string of the molecule is COc1ccc(-c2c3c(-c4ccccc4)n[nH]c3c(O)n2-c2ccc(C(=O)O)cc2)cc1. The van der Waals surface area contributed by atoms with Crippen molar-refractivity contribution in [2.45, 2.75) is 0 Å². The van der Waals surface area contributed by atoms with E-state index in [-0.39, 0.29) is 11.4 Å². The van der Waals surface area contributed by atoms with E-state index in [9.17, 15) is 15.0 Å². The standard InChI is InChI=1S/C25H19N3O4/c1-32-19-13-9-16(10-14-19)23-20-21(15-5-3-2-4-6-15)26-27-22(20)24(29)28(23)18-11-7-17(8-12-18)25(30)31/h2-14,27,29H,1H3,(H,30,31). The summed E-state index contributed by atoms with van der Waals surface area (Å²) in [5.74, 6) is -0.302. The average Bonchev–Trinajstić information content (AvgIpc) is 3.39. The Morgan fingerprint density at radius 2 is 1.62 bits per heavy atom. The van der Waals surface area contributed by atoms with Gasteiger partial charge in [-0.15, -0.1) is 0 Å². The number of carboxylic acids is 1. The van der Waals surface area contributed by atoms with Gasteiger partial charge in [0.05, 0.1) is 23.8 Å². The minimum absolute atomic E-state index is 0.0106. The molecule has 0 unspecified atom stereocenters. The highest BCUT2D eigenvalue weighted by Crippen LogP contribution is 2.43. The zero-order chi connectivity index (χ0) is 22.2. The van der Waals surface area contributed by atoms with E-state index >= 15 is 0 Å². The summed E-state index contributed by atoms with van der Waals surface area (Å²) in [6.45, 7) is 0. The van der Waals surface area contributed by atoms with Crippen LogP contribution in [0.25, 0.3) is 39.1 Å². The lowest BCUT2D eigenvalue weighted by Gasteiger charge is -2.13. The number of ether oxygens (including phenoxy) is 1. The normalized spacial score (nSPS) is 11.0. The highest BCUT2D eigenvalue weighted by Gasteiger charge is 2.25. The number of rotatable bonds is 5. The summed E-state index contributed by atoms with van der Waals surface area (Å²) in [6, 6.07) is 23.6. The molecular formula is C25H19N3O4. The molecule has 2 heterocycles. The van der Waals surface area contributed by atoms with Crippen LogP contribution in [0.4, 0.5) is 0 Å². The van der Waals surface area contributed by atoms with Gasteiger partial charge in [-0.1, -0.05) is 30.3 Å². The number of aromatic hydroxyl groups is 1. The molecule has 0 bridgehead atoms. The Labute approximate surface area is 183 Å². The molecule has 0 fully saturated rings. The largest absolute Gasteiger partial charge is 0.497 e. The maximum Gasteiger partial charge on any atom is 0.335 e. The van der Waals surface area contributed by atoms with Gasteiger partial charge in [-0.2, -0.15) is 5.10 Å². The topological polar surface area (TPSA) is 100 Å². The second-order valence-electron chi connectivity index (χ2n) is 7.28. The van der Waals surface area contributed by atoms with Gasteiger partial charge >= 0.3 is 5.97 Å². The van der Waals surface area contributed by atoms with Crippen molar-refractivity contribution in [1.29, 1.82) is 0 Å². The van der Waals surface area contributed by atoms with Crippen LogP contribution in [0.2, 0.25) is 0 Å². The number of hydrogen-bond donors (Lipinski definition) is 3. The van der Waals surface area contributed by atoms with Crippen LogP contribution in [-0.2, 0) is 0 Å². The van der Waals surface area contributed by atoms with Crippen LogP contribution >= 0.6 is 0 Å². The predicted molar refractivity (Wildman–Crippen MR) is 121 cm³/mol. The van der Waals surface area contributed by atoms with Gasteiger partial charge in [0, 0.05) is 11.3 Å². The second-order valence-corrected chi connectivity index (χ2v) is 7.28. The van der Waals surface area contributed by atoms with Crippen LogP contribution < -0.4 is 4.74 Å². The van der Waals surface area contributed by atoms with Crippen molar-refractivity contribution in [1.82, 2.24) is 14.8 Å². The summed E-state index contributed by atoms with van der Waals surface area (Å²) in [5.41, 5.74) is 4.49. The molecule has 0 aliphatic carbocycles. The van der Waals surface area contributed by atoms with Crippen LogP contribution in [0.15, 0.2) is 78.9 Å². The van der Waals surface area contributed by atoms with E-state index in [0.717, 1.165) is 22.2 Å². The first-order chi connectivity index (χ1) is 15.6. The fourth-order valence-corrected chi connectivity index (χ4v) is 3.90. The van der Waals surface area contributed by atoms with Crippen molar-refractivity contribution in [2.75, 3.05) is 7.11 Å². The molecule has 5 aromatic rings. The molecule has 0 aliphatic heterocycles. The van der Waals surface area contributed by atoms with Gasteiger partial charge in [0.2, 0.25) is 5.88 Å². The fourth-order valence-electron chi connectivity index (χ4n) is 3.90. The molecule has 3 aromatic carbocycles. The Balaban J connectivity index is 1.82. The summed E-state index contributed by atoms with van der Waals surface area (Å²) in [5, 5.41) is 28.6. The predicted octanol–water partition coefficient (Wildman–Crippen LogP) is 5.10. The third-order valence-corrected chi connectivity index (χ3v) is 5.45. The number of aromatic nitrogens is 3. The first-order valence-corrected chi connectivity index (χ1v) is 9.94. The Hall–Kier alpha value is -4.52. The third-order valence-electron chi connectivity index (χ3n) is 5.45. The molecule has 5 rings (SSSR count). The monoisotopic (exact) mass is 425 g/mol. The number of nitrogens with one attached hydrogen (secondary N) is 1. The second kappa shape index (κ2) is 7.63. The minimum Gasteiger partial charge on any atom is -0.497 e.